The van der Waals surface area contributed by atoms with Gasteiger partial charge in [0.1, 0.15) is 18.2 Å². The molecule has 1 aromatic rings. The van der Waals surface area contributed by atoms with Gasteiger partial charge in [0.25, 0.3) is 0 Å². The summed E-state index contributed by atoms with van der Waals surface area (Å²) < 4.78 is 18.5. The highest BCUT2D eigenvalue weighted by molar-refractivity contribution is 5.36. The second-order valence-electron chi connectivity index (χ2n) is 3.45. The van der Waals surface area contributed by atoms with Crippen molar-refractivity contribution < 1.29 is 9.13 Å². The van der Waals surface area contributed by atoms with E-state index in [-0.39, 0.29) is 18.5 Å². The van der Waals surface area contributed by atoms with Crippen LogP contribution in [0.25, 0.3) is 0 Å². The third-order valence-corrected chi connectivity index (χ3v) is 2.26. The van der Waals surface area contributed by atoms with Gasteiger partial charge in [-0.2, -0.15) is 0 Å². The van der Waals surface area contributed by atoms with Crippen molar-refractivity contribution in [1.29, 1.82) is 0 Å². The van der Waals surface area contributed by atoms with Gasteiger partial charge in [0.15, 0.2) is 0 Å². The first-order valence-corrected chi connectivity index (χ1v) is 5.28. The molecule has 2 nitrogen and oxygen atoms in total. The molecule has 1 N–H and O–H groups in total. The molecule has 1 unspecified atom stereocenters. The van der Waals surface area contributed by atoms with E-state index in [0.717, 1.165) is 12.1 Å². The van der Waals surface area contributed by atoms with E-state index in [0.29, 0.717) is 5.75 Å². The Labute approximate surface area is 95.8 Å². The Morgan fingerprint density at radius 1 is 1.56 bits per heavy atom. The van der Waals surface area contributed by atoms with E-state index >= 15 is 0 Å². The molecule has 3 heteroatoms. The van der Waals surface area contributed by atoms with E-state index in [1.807, 2.05) is 13.8 Å². The van der Waals surface area contributed by atoms with Gasteiger partial charge in [0, 0.05) is 11.6 Å². The Morgan fingerprint density at radius 2 is 2.31 bits per heavy atom. The topological polar surface area (TPSA) is 21.3 Å². The predicted octanol–water partition coefficient (Wildman–Crippen LogP) is 2.51. The number of rotatable bonds is 5. The fourth-order valence-corrected chi connectivity index (χ4v) is 1.52. The summed E-state index contributed by atoms with van der Waals surface area (Å²) in [4.78, 5) is 0. The zero-order valence-corrected chi connectivity index (χ0v) is 9.59. The number of terminal acetylenes is 1. The molecule has 0 heterocycles. The Bertz CT molecular complexity index is 384. The van der Waals surface area contributed by atoms with Gasteiger partial charge in [0.2, 0.25) is 0 Å². The van der Waals surface area contributed by atoms with Crippen LogP contribution >= 0.6 is 0 Å². The fourth-order valence-electron chi connectivity index (χ4n) is 1.52. The van der Waals surface area contributed by atoms with Gasteiger partial charge < -0.3 is 10.1 Å². The van der Waals surface area contributed by atoms with Crippen LogP contribution in [-0.4, -0.2) is 13.2 Å². The van der Waals surface area contributed by atoms with E-state index < -0.39 is 0 Å². The first-order chi connectivity index (χ1) is 7.69. The minimum atomic E-state index is -0.271. The summed E-state index contributed by atoms with van der Waals surface area (Å²) in [5.41, 5.74) is 0.789. The fraction of sp³-hybridized carbons (Fsp3) is 0.385. The lowest BCUT2D eigenvalue weighted by atomic mass is 10.1. The monoisotopic (exact) mass is 221 g/mol. The summed E-state index contributed by atoms with van der Waals surface area (Å²) in [6.45, 7) is 4.96. The molecule has 0 aliphatic heterocycles. The maximum absolute atomic E-state index is 13.1. The summed E-state index contributed by atoms with van der Waals surface area (Å²) in [6, 6.07) is 4.48. The summed E-state index contributed by atoms with van der Waals surface area (Å²) >= 11 is 0. The van der Waals surface area contributed by atoms with Crippen LogP contribution in [0.1, 0.15) is 25.5 Å². The minimum Gasteiger partial charge on any atom is -0.481 e. The highest BCUT2D eigenvalue weighted by Crippen LogP contribution is 2.25. The maximum Gasteiger partial charge on any atom is 0.148 e. The Morgan fingerprint density at radius 3 is 2.94 bits per heavy atom. The van der Waals surface area contributed by atoms with Gasteiger partial charge >= 0.3 is 0 Å². The van der Waals surface area contributed by atoms with Crippen LogP contribution in [0.4, 0.5) is 4.39 Å². The van der Waals surface area contributed by atoms with Crippen LogP contribution in [-0.2, 0) is 0 Å². The highest BCUT2D eigenvalue weighted by atomic mass is 19.1. The van der Waals surface area contributed by atoms with Gasteiger partial charge in [-0.3, -0.25) is 0 Å². The summed E-state index contributed by atoms with van der Waals surface area (Å²) in [5, 5.41) is 3.21. The zero-order chi connectivity index (χ0) is 12.0. The molecular formula is C13H16FNO. The van der Waals surface area contributed by atoms with Crippen LogP contribution < -0.4 is 10.1 Å². The van der Waals surface area contributed by atoms with Gasteiger partial charge in [-0.15, -0.1) is 6.42 Å². The normalized spacial score (nSPS) is 11.9. The van der Waals surface area contributed by atoms with Crippen LogP contribution in [0.5, 0.6) is 5.75 Å². The van der Waals surface area contributed by atoms with E-state index in [2.05, 4.69) is 11.2 Å². The van der Waals surface area contributed by atoms with Crippen molar-refractivity contribution in [2.24, 2.45) is 0 Å². The molecule has 1 rings (SSSR count). The molecule has 0 saturated carbocycles. The molecule has 0 bridgehead atoms. The maximum atomic E-state index is 13.1. The highest BCUT2D eigenvalue weighted by Gasteiger charge is 2.11. The second kappa shape index (κ2) is 6.14. The van der Waals surface area contributed by atoms with E-state index in [9.17, 15) is 4.39 Å². The molecule has 0 fully saturated rings. The number of halogens is 1. The van der Waals surface area contributed by atoms with Crippen molar-refractivity contribution >= 4 is 0 Å². The molecule has 86 valence electrons. The van der Waals surface area contributed by atoms with Crippen molar-refractivity contribution in [2.75, 3.05) is 13.2 Å². The smallest absolute Gasteiger partial charge is 0.148 e. The molecule has 1 aromatic carbocycles. The van der Waals surface area contributed by atoms with Gasteiger partial charge in [0.05, 0.1) is 0 Å². The van der Waals surface area contributed by atoms with E-state index in [4.69, 9.17) is 11.2 Å². The standard InChI is InChI=1S/C13H16FNO/c1-4-8-16-13-7-6-11(14)9-12(13)10(3)15-5-2/h1,6-7,9-10,15H,5,8H2,2-3H3. The van der Waals surface area contributed by atoms with Crippen LogP contribution in [0.3, 0.4) is 0 Å². The Hall–Kier alpha value is -1.53. The van der Waals surface area contributed by atoms with E-state index in [1.165, 1.54) is 12.1 Å². The van der Waals surface area contributed by atoms with Crippen molar-refractivity contribution in [3.05, 3.63) is 29.6 Å². The van der Waals surface area contributed by atoms with Crippen molar-refractivity contribution in [1.82, 2.24) is 5.32 Å². The largest absolute Gasteiger partial charge is 0.481 e. The molecular weight excluding hydrogens is 205 g/mol. The number of hydrogen-bond acceptors (Lipinski definition) is 2. The predicted molar refractivity (Wildman–Crippen MR) is 62.8 cm³/mol. The average molecular weight is 221 g/mol. The van der Waals surface area contributed by atoms with Gasteiger partial charge in [-0.05, 0) is 31.7 Å². The molecule has 0 aromatic heterocycles. The number of nitrogens with one attached hydrogen (secondary N) is 1. The SMILES string of the molecule is C#CCOc1ccc(F)cc1C(C)NCC. The summed E-state index contributed by atoms with van der Waals surface area (Å²) in [6.07, 6.45) is 5.13. The third-order valence-electron chi connectivity index (χ3n) is 2.26. The molecule has 0 amide bonds. The number of hydrogen-bond donors (Lipinski definition) is 1. The van der Waals surface area contributed by atoms with Crippen LogP contribution in [0, 0.1) is 18.2 Å². The first kappa shape index (κ1) is 12.5. The third kappa shape index (κ3) is 3.25. The zero-order valence-electron chi connectivity index (χ0n) is 9.59. The lowest BCUT2D eigenvalue weighted by Gasteiger charge is -2.16. The molecule has 0 saturated heterocycles. The van der Waals surface area contributed by atoms with Crippen LogP contribution in [0.2, 0.25) is 0 Å². The van der Waals surface area contributed by atoms with Crippen molar-refractivity contribution in [3.8, 4) is 18.1 Å². The molecule has 0 aliphatic carbocycles. The number of benzene rings is 1. The molecule has 0 aliphatic rings. The summed E-state index contributed by atoms with van der Waals surface area (Å²) in [7, 11) is 0. The van der Waals surface area contributed by atoms with Gasteiger partial charge in [-0.25, -0.2) is 4.39 Å². The molecule has 1 atom stereocenters. The van der Waals surface area contributed by atoms with Crippen LogP contribution in [0.15, 0.2) is 18.2 Å². The lowest BCUT2D eigenvalue weighted by Crippen LogP contribution is -2.18. The first-order valence-electron chi connectivity index (χ1n) is 5.28. The van der Waals surface area contributed by atoms with Crippen molar-refractivity contribution in [3.63, 3.8) is 0 Å². The molecule has 0 radical (unpaired) electrons. The second-order valence-corrected chi connectivity index (χ2v) is 3.45. The summed E-state index contributed by atoms with van der Waals surface area (Å²) in [5.74, 6) is 2.75. The minimum absolute atomic E-state index is 0.0356. The Balaban J connectivity index is 2.93. The lowest BCUT2D eigenvalue weighted by molar-refractivity contribution is 0.360. The average Bonchev–Trinajstić information content (AvgIpc) is 2.27. The molecule has 16 heavy (non-hydrogen) atoms. The quantitative estimate of drug-likeness (QED) is 0.771. The van der Waals surface area contributed by atoms with Gasteiger partial charge in [-0.1, -0.05) is 12.8 Å². The number of ether oxygens (including phenoxy) is 1. The van der Waals surface area contributed by atoms with Crippen molar-refractivity contribution in [2.45, 2.75) is 19.9 Å². The Kier molecular flexibility index (Phi) is 4.81. The van der Waals surface area contributed by atoms with E-state index in [1.54, 1.807) is 6.07 Å². The molecule has 0 spiro atoms.